The molecule has 3 rings (SSSR count). The zero-order valence-corrected chi connectivity index (χ0v) is 18.9. The molecule has 1 unspecified atom stereocenters. The molecule has 1 aromatic carbocycles. The van der Waals surface area contributed by atoms with Gasteiger partial charge in [-0.25, -0.2) is 4.99 Å². The van der Waals surface area contributed by atoms with E-state index in [-0.39, 0.29) is 34.6 Å². The second-order valence-electron chi connectivity index (χ2n) is 7.52. The van der Waals surface area contributed by atoms with E-state index in [0.29, 0.717) is 18.6 Å². The van der Waals surface area contributed by atoms with Crippen molar-refractivity contribution in [2.75, 3.05) is 19.6 Å². The third-order valence-corrected chi connectivity index (χ3v) is 5.67. The zero-order chi connectivity index (χ0) is 19.1. The van der Waals surface area contributed by atoms with Crippen molar-refractivity contribution in [1.29, 1.82) is 0 Å². The maximum atomic E-state index is 10.8. The molecule has 1 aliphatic heterocycles. The molecule has 0 bridgehead atoms. The summed E-state index contributed by atoms with van der Waals surface area (Å²) < 4.78 is 0. The number of nitrogens with one attached hydrogen (secondary N) is 2. The first-order valence-electron chi connectivity index (χ1n) is 10.2. The molecule has 0 spiro atoms. The molecule has 0 radical (unpaired) electrons. The van der Waals surface area contributed by atoms with Crippen molar-refractivity contribution in [3.05, 3.63) is 39.9 Å². The molecule has 2 N–H and O–H groups in total. The topological polar surface area (TPSA) is 82.8 Å². The van der Waals surface area contributed by atoms with Crippen molar-refractivity contribution < 1.29 is 4.92 Å². The van der Waals surface area contributed by atoms with Gasteiger partial charge >= 0.3 is 0 Å². The molecular formula is C20H32IN5O2. The quantitative estimate of drug-likeness (QED) is 0.196. The highest BCUT2D eigenvalue weighted by Crippen LogP contribution is 2.18. The summed E-state index contributed by atoms with van der Waals surface area (Å²) in [6, 6.07) is 7.72. The first-order valence-corrected chi connectivity index (χ1v) is 10.2. The van der Waals surface area contributed by atoms with Crippen LogP contribution in [-0.4, -0.2) is 47.5 Å². The SMILES string of the molecule is CCN1CCCC1CNC(=NCc1ccc([N+](=O)[O-])cc1)NC1CCCC1.I. The summed E-state index contributed by atoms with van der Waals surface area (Å²) >= 11 is 0. The summed E-state index contributed by atoms with van der Waals surface area (Å²) in [4.78, 5) is 17.7. The molecular weight excluding hydrogens is 469 g/mol. The average Bonchev–Trinajstić information content (AvgIpc) is 3.35. The lowest BCUT2D eigenvalue weighted by molar-refractivity contribution is -0.384. The van der Waals surface area contributed by atoms with Crippen molar-refractivity contribution in [2.24, 2.45) is 4.99 Å². The fourth-order valence-electron chi connectivity index (χ4n) is 4.07. The Balaban J connectivity index is 0.00000280. The van der Waals surface area contributed by atoms with Gasteiger partial charge in [-0.05, 0) is 44.3 Å². The summed E-state index contributed by atoms with van der Waals surface area (Å²) in [5.74, 6) is 0.864. The Labute approximate surface area is 184 Å². The molecule has 1 saturated carbocycles. The smallest absolute Gasteiger partial charge is 0.269 e. The number of hydrogen-bond donors (Lipinski definition) is 2. The zero-order valence-electron chi connectivity index (χ0n) is 16.6. The van der Waals surface area contributed by atoms with E-state index in [0.717, 1.165) is 24.6 Å². The molecule has 0 aromatic heterocycles. The second kappa shape index (κ2) is 11.5. The van der Waals surface area contributed by atoms with Crippen LogP contribution in [0.4, 0.5) is 5.69 Å². The van der Waals surface area contributed by atoms with Gasteiger partial charge in [-0.2, -0.15) is 0 Å². The average molecular weight is 501 g/mol. The van der Waals surface area contributed by atoms with Crippen molar-refractivity contribution in [1.82, 2.24) is 15.5 Å². The minimum atomic E-state index is -0.372. The van der Waals surface area contributed by atoms with Gasteiger partial charge in [0.15, 0.2) is 5.96 Å². The number of likely N-dealkylation sites (N-methyl/N-ethyl adjacent to an activating group) is 1. The van der Waals surface area contributed by atoms with Crippen LogP contribution in [-0.2, 0) is 6.54 Å². The first-order chi connectivity index (χ1) is 13.2. The summed E-state index contributed by atoms with van der Waals surface area (Å²) in [5, 5.41) is 17.9. The highest BCUT2D eigenvalue weighted by Gasteiger charge is 2.23. The van der Waals surface area contributed by atoms with E-state index in [2.05, 4.69) is 22.5 Å². The number of likely N-dealkylation sites (tertiary alicyclic amines) is 1. The molecule has 7 nitrogen and oxygen atoms in total. The maximum Gasteiger partial charge on any atom is 0.269 e. The lowest BCUT2D eigenvalue weighted by Gasteiger charge is -2.25. The Morgan fingerprint density at radius 1 is 1.21 bits per heavy atom. The van der Waals surface area contributed by atoms with Crippen LogP contribution in [0.1, 0.15) is 51.0 Å². The summed E-state index contributed by atoms with van der Waals surface area (Å²) in [6.45, 7) is 5.93. The van der Waals surface area contributed by atoms with Crippen molar-refractivity contribution in [3.63, 3.8) is 0 Å². The number of guanidine groups is 1. The minimum Gasteiger partial charge on any atom is -0.355 e. The molecule has 156 valence electrons. The molecule has 8 heteroatoms. The van der Waals surface area contributed by atoms with E-state index in [4.69, 9.17) is 4.99 Å². The van der Waals surface area contributed by atoms with Gasteiger partial charge in [-0.15, -0.1) is 24.0 Å². The first kappa shape index (κ1) is 22.9. The predicted octanol–water partition coefficient (Wildman–Crippen LogP) is 3.67. The van der Waals surface area contributed by atoms with Crippen LogP contribution in [0, 0.1) is 10.1 Å². The number of nitro groups is 1. The van der Waals surface area contributed by atoms with E-state index in [1.54, 1.807) is 24.3 Å². The van der Waals surface area contributed by atoms with Crippen LogP contribution in [0.3, 0.4) is 0 Å². The summed E-state index contributed by atoms with van der Waals surface area (Å²) in [6.07, 6.45) is 7.45. The van der Waals surface area contributed by atoms with E-state index in [1.807, 2.05) is 0 Å². The summed E-state index contributed by atoms with van der Waals surface area (Å²) in [5.41, 5.74) is 1.09. The maximum absolute atomic E-state index is 10.8. The number of hydrogen-bond acceptors (Lipinski definition) is 4. The Bertz CT molecular complexity index is 647. The van der Waals surface area contributed by atoms with Crippen LogP contribution in [0.15, 0.2) is 29.3 Å². The van der Waals surface area contributed by atoms with Crippen LogP contribution >= 0.6 is 24.0 Å². The van der Waals surface area contributed by atoms with E-state index in [1.165, 1.54) is 45.1 Å². The van der Waals surface area contributed by atoms with E-state index in [9.17, 15) is 10.1 Å². The Morgan fingerprint density at radius 2 is 1.93 bits per heavy atom. The fourth-order valence-corrected chi connectivity index (χ4v) is 4.07. The molecule has 2 fully saturated rings. The highest BCUT2D eigenvalue weighted by atomic mass is 127. The number of halogens is 1. The van der Waals surface area contributed by atoms with Gasteiger partial charge in [-0.3, -0.25) is 15.0 Å². The fraction of sp³-hybridized carbons (Fsp3) is 0.650. The van der Waals surface area contributed by atoms with Gasteiger partial charge in [0, 0.05) is 30.8 Å². The number of aliphatic imine (C=N–C) groups is 1. The molecule has 1 aromatic rings. The normalized spacial score (nSPS) is 20.8. The monoisotopic (exact) mass is 501 g/mol. The lowest BCUT2D eigenvalue weighted by atomic mass is 10.2. The van der Waals surface area contributed by atoms with Gasteiger partial charge in [0.2, 0.25) is 0 Å². The van der Waals surface area contributed by atoms with Gasteiger partial charge in [0.05, 0.1) is 11.5 Å². The number of non-ortho nitro benzene ring substituents is 1. The molecule has 1 atom stereocenters. The molecule has 1 heterocycles. The second-order valence-corrected chi connectivity index (χ2v) is 7.52. The van der Waals surface area contributed by atoms with Crippen LogP contribution in [0.5, 0.6) is 0 Å². The Morgan fingerprint density at radius 3 is 2.57 bits per heavy atom. The minimum absolute atomic E-state index is 0. The number of rotatable bonds is 7. The van der Waals surface area contributed by atoms with Crippen molar-refractivity contribution in [3.8, 4) is 0 Å². The molecule has 1 aliphatic carbocycles. The molecule has 1 saturated heterocycles. The van der Waals surface area contributed by atoms with E-state index < -0.39 is 0 Å². The van der Waals surface area contributed by atoms with Crippen LogP contribution < -0.4 is 10.6 Å². The van der Waals surface area contributed by atoms with Crippen molar-refractivity contribution >= 4 is 35.6 Å². The lowest BCUT2D eigenvalue weighted by Crippen LogP contribution is -2.47. The van der Waals surface area contributed by atoms with Gasteiger partial charge < -0.3 is 10.6 Å². The largest absolute Gasteiger partial charge is 0.355 e. The highest BCUT2D eigenvalue weighted by molar-refractivity contribution is 14.0. The number of nitro benzene ring substituents is 1. The molecule has 0 amide bonds. The third kappa shape index (κ3) is 6.58. The van der Waals surface area contributed by atoms with Crippen molar-refractivity contribution in [2.45, 2.75) is 64.1 Å². The van der Waals surface area contributed by atoms with Gasteiger partial charge in [0.25, 0.3) is 5.69 Å². The standard InChI is InChI=1S/C20H31N5O2.HI/c1-2-24-13-5-8-19(24)15-22-20(23-17-6-3-4-7-17)21-14-16-9-11-18(12-10-16)25(26)27;/h9-12,17,19H,2-8,13-15H2,1H3,(H2,21,22,23);1H. The van der Waals surface area contributed by atoms with E-state index >= 15 is 0 Å². The predicted molar refractivity (Wildman–Crippen MR) is 123 cm³/mol. The Hall–Kier alpha value is -1.42. The molecule has 28 heavy (non-hydrogen) atoms. The summed E-state index contributed by atoms with van der Waals surface area (Å²) in [7, 11) is 0. The number of benzene rings is 1. The Kier molecular flexibility index (Phi) is 9.43. The van der Waals surface area contributed by atoms with Crippen LogP contribution in [0.2, 0.25) is 0 Å². The third-order valence-electron chi connectivity index (χ3n) is 5.67. The number of nitrogens with zero attached hydrogens (tertiary/aromatic N) is 3. The van der Waals surface area contributed by atoms with Crippen LogP contribution in [0.25, 0.3) is 0 Å². The van der Waals surface area contributed by atoms with Gasteiger partial charge in [0.1, 0.15) is 0 Å². The van der Waals surface area contributed by atoms with Gasteiger partial charge in [-0.1, -0.05) is 31.9 Å². The molecule has 2 aliphatic rings.